The van der Waals surface area contributed by atoms with Crippen molar-refractivity contribution in [2.45, 2.75) is 50.9 Å². The van der Waals surface area contributed by atoms with Crippen LogP contribution in [-0.2, 0) is 16.1 Å². The summed E-state index contributed by atoms with van der Waals surface area (Å²) >= 11 is 0. The summed E-state index contributed by atoms with van der Waals surface area (Å²) in [5.41, 5.74) is 0.841. The van der Waals surface area contributed by atoms with Crippen molar-refractivity contribution in [1.82, 2.24) is 5.32 Å². The van der Waals surface area contributed by atoms with Gasteiger partial charge in [0.2, 0.25) is 0 Å². The molecule has 2 unspecified atom stereocenters. The lowest BCUT2D eigenvalue weighted by molar-refractivity contribution is -0.148. The maximum Gasteiger partial charge on any atom is 0.407 e. The zero-order valence-corrected chi connectivity index (χ0v) is 13.0. The summed E-state index contributed by atoms with van der Waals surface area (Å²) in [5, 5.41) is 21.3. The van der Waals surface area contributed by atoms with Crippen LogP contribution in [0.1, 0.15) is 37.7 Å². The number of alkyl carbamates (subject to hydrolysis) is 1. The molecule has 0 saturated heterocycles. The van der Waals surface area contributed by atoms with Crippen molar-refractivity contribution in [1.29, 1.82) is 0 Å². The van der Waals surface area contributed by atoms with Gasteiger partial charge in [0.25, 0.3) is 0 Å². The first kappa shape index (κ1) is 17.3. The first-order valence-corrected chi connectivity index (χ1v) is 7.94. The Morgan fingerprint density at radius 2 is 1.87 bits per heavy atom. The molecule has 1 aromatic carbocycles. The first-order valence-electron chi connectivity index (χ1n) is 7.94. The van der Waals surface area contributed by atoms with Crippen LogP contribution in [0.2, 0.25) is 0 Å². The molecule has 2 rings (SSSR count). The number of aliphatic hydroxyl groups excluding tert-OH is 1. The number of hydrogen-bond donors (Lipinski definition) is 3. The van der Waals surface area contributed by atoms with Crippen LogP contribution in [0.4, 0.5) is 4.79 Å². The number of nitrogens with one attached hydrogen (secondary N) is 1. The van der Waals surface area contributed by atoms with Gasteiger partial charge < -0.3 is 20.3 Å². The van der Waals surface area contributed by atoms with Gasteiger partial charge in [0.15, 0.2) is 6.10 Å². The van der Waals surface area contributed by atoms with Crippen molar-refractivity contribution < 1.29 is 24.5 Å². The highest BCUT2D eigenvalue weighted by Gasteiger charge is 2.31. The van der Waals surface area contributed by atoms with Gasteiger partial charge in [-0.15, -0.1) is 0 Å². The third-order valence-corrected chi connectivity index (χ3v) is 4.21. The SMILES string of the molecule is O=C(NC(CC1CCCC1)C(O)C(=O)O)OCc1ccccc1. The Morgan fingerprint density at radius 1 is 1.22 bits per heavy atom. The van der Waals surface area contributed by atoms with E-state index in [1.54, 1.807) is 0 Å². The summed E-state index contributed by atoms with van der Waals surface area (Å²) in [7, 11) is 0. The Balaban J connectivity index is 1.87. The molecule has 0 radical (unpaired) electrons. The lowest BCUT2D eigenvalue weighted by atomic mass is 9.95. The highest BCUT2D eigenvalue weighted by Crippen LogP contribution is 2.29. The average molecular weight is 321 g/mol. The van der Waals surface area contributed by atoms with E-state index in [0.717, 1.165) is 31.2 Å². The molecule has 0 bridgehead atoms. The smallest absolute Gasteiger partial charge is 0.407 e. The van der Waals surface area contributed by atoms with Crippen LogP contribution in [0.5, 0.6) is 0 Å². The molecular weight excluding hydrogens is 298 g/mol. The predicted octanol–water partition coefficient (Wildman–Crippen LogP) is 2.31. The minimum atomic E-state index is -1.63. The molecule has 0 aromatic heterocycles. The molecule has 6 heteroatoms. The standard InChI is InChI=1S/C17H23NO5/c19-15(16(20)21)14(10-12-6-4-5-7-12)18-17(22)23-11-13-8-2-1-3-9-13/h1-3,8-9,12,14-15,19H,4-7,10-11H2,(H,18,22)(H,20,21). The fourth-order valence-electron chi connectivity index (χ4n) is 2.96. The second-order valence-electron chi connectivity index (χ2n) is 5.98. The van der Waals surface area contributed by atoms with Crippen molar-refractivity contribution in [3.8, 4) is 0 Å². The largest absolute Gasteiger partial charge is 0.479 e. The van der Waals surface area contributed by atoms with Crippen molar-refractivity contribution in [2.24, 2.45) is 5.92 Å². The Labute approximate surface area is 135 Å². The number of carbonyl (C=O) groups is 2. The predicted molar refractivity (Wildman–Crippen MR) is 83.8 cm³/mol. The molecule has 1 aliphatic rings. The van der Waals surface area contributed by atoms with Crippen LogP contribution in [-0.4, -0.2) is 34.4 Å². The number of hydrogen-bond acceptors (Lipinski definition) is 4. The number of carboxylic acids is 1. The van der Waals surface area contributed by atoms with Crippen LogP contribution in [0.3, 0.4) is 0 Å². The number of aliphatic carboxylic acids is 1. The molecule has 0 heterocycles. The van der Waals surface area contributed by atoms with E-state index in [2.05, 4.69) is 5.32 Å². The number of aliphatic hydroxyl groups is 1. The van der Waals surface area contributed by atoms with Crippen molar-refractivity contribution in [3.63, 3.8) is 0 Å². The first-order chi connectivity index (χ1) is 11.1. The van der Waals surface area contributed by atoms with Gasteiger partial charge in [0, 0.05) is 0 Å². The molecule has 1 aromatic rings. The molecule has 126 valence electrons. The molecule has 23 heavy (non-hydrogen) atoms. The van der Waals surface area contributed by atoms with E-state index >= 15 is 0 Å². The van der Waals surface area contributed by atoms with E-state index in [1.807, 2.05) is 30.3 Å². The minimum Gasteiger partial charge on any atom is -0.479 e. The zero-order valence-electron chi connectivity index (χ0n) is 13.0. The van der Waals surface area contributed by atoms with Crippen molar-refractivity contribution in [3.05, 3.63) is 35.9 Å². The minimum absolute atomic E-state index is 0.103. The Kier molecular flexibility index (Phi) is 6.40. The number of rotatable bonds is 7. The third-order valence-electron chi connectivity index (χ3n) is 4.21. The van der Waals surface area contributed by atoms with E-state index in [0.29, 0.717) is 12.3 Å². The molecule has 6 nitrogen and oxygen atoms in total. The molecular formula is C17H23NO5. The Bertz CT molecular complexity index is 513. The van der Waals surface area contributed by atoms with E-state index in [-0.39, 0.29) is 6.61 Å². The molecule has 2 atom stereocenters. The summed E-state index contributed by atoms with van der Waals surface area (Å²) < 4.78 is 5.10. The number of carbonyl (C=O) groups excluding carboxylic acids is 1. The fourth-order valence-corrected chi connectivity index (χ4v) is 2.96. The lowest BCUT2D eigenvalue weighted by Crippen LogP contribution is -2.48. The number of carboxylic acid groups (broad SMARTS) is 1. The lowest BCUT2D eigenvalue weighted by Gasteiger charge is -2.24. The maximum atomic E-state index is 11.9. The summed E-state index contributed by atoms with van der Waals surface area (Å²) in [5.74, 6) is -1.00. The van der Waals surface area contributed by atoms with Crippen LogP contribution >= 0.6 is 0 Å². The summed E-state index contributed by atoms with van der Waals surface area (Å²) in [4.78, 5) is 22.9. The topological polar surface area (TPSA) is 95.9 Å². The van der Waals surface area contributed by atoms with E-state index < -0.39 is 24.2 Å². The maximum absolute atomic E-state index is 11.9. The highest BCUT2D eigenvalue weighted by molar-refractivity contribution is 5.75. The molecule has 0 spiro atoms. The summed E-state index contributed by atoms with van der Waals surface area (Å²) in [6.45, 7) is 0.103. The molecule has 1 saturated carbocycles. The van der Waals surface area contributed by atoms with Gasteiger partial charge in [0.1, 0.15) is 6.61 Å². The molecule has 3 N–H and O–H groups in total. The molecule has 1 amide bonds. The highest BCUT2D eigenvalue weighted by atomic mass is 16.5. The van der Waals surface area contributed by atoms with Crippen LogP contribution < -0.4 is 5.32 Å². The molecule has 1 fully saturated rings. The van der Waals surface area contributed by atoms with E-state index in [4.69, 9.17) is 9.84 Å². The second-order valence-corrected chi connectivity index (χ2v) is 5.98. The van der Waals surface area contributed by atoms with Gasteiger partial charge >= 0.3 is 12.1 Å². The van der Waals surface area contributed by atoms with Crippen LogP contribution in [0.15, 0.2) is 30.3 Å². The van der Waals surface area contributed by atoms with Gasteiger partial charge in [-0.25, -0.2) is 9.59 Å². The quantitative estimate of drug-likeness (QED) is 0.716. The van der Waals surface area contributed by atoms with Crippen molar-refractivity contribution >= 4 is 12.1 Å². The number of amides is 1. The van der Waals surface area contributed by atoms with Gasteiger partial charge in [-0.05, 0) is 17.9 Å². The van der Waals surface area contributed by atoms with E-state index in [9.17, 15) is 14.7 Å². The fraction of sp³-hybridized carbons (Fsp3) is 0.529. The van der Waals surface area contributed by atoms with Gasteiger partial charge in [-0.2, -0.15) is 0 Å². The zero-order chi connectivity index (χ0) is 16.7. The third kappa shape index (κ3) is 5.56. The van der Waals surface area contributed by atoms with Gasteiger partial charge in [0.05, 0.1) is 6.04 Å². The second kappa shape index (κ2) is 8.53. The van der Waals surface area contributed by atoms with Crippen LogP contribution in [0, 0.1) is 5.92 Å². The Morgan fingerprint density at radius 3 is 2.48 bits per heavy atom. The Hall–Kier alpha value is -2.08. The normalized spacial score (nSPS) is 17.4. The number of benzene rings is 1. The van der Waals surface area contributed by atoms with Crippen LogP contribution in [0.25, 0.3) is 0 Å². The molecule has 1 aliphatic carbocycles. The van der Waals surface area contributed by atoms with Crippen molar-refractivity contribution in [2.75, 3.05) is 0 Å². The average Bonchev–Trinajstić information content (AvgIpc) is 3.05. The van der Waals surface area contributed by atoms with Gasteiger partial charge in [-0.3, -0.25) is 0 Å². The van der Waals surface area contributed by atoms with E-state index in [1.165, 1.54) is 0 Å². The summed E-state index contributed by atoms with van der Waals surface area (Å²) in [6, 6.07) is 8.37. The monoisotopic (exact) mass is 321 g/mol. The number of ether oxygens (including phenoxy) is 1. The summed E-state index contributed by atoms with van der Waals surface area (Å²) in [6.07, 6.45) is 2.34. The molecule has 0 aliphatic heterocycles. The van der Waals surface area contributed by atoms with Gasteiger partial charge in [-0.1, -0.05) is 56.0 Å².